The van der Waals surface area contributed by atoms with Gasteiger partial charge in [-0.15, -0.1) is 0 Å². The Balaban J connectivity index is 2.22. The minimum absolute atomic E-state index is 0.391. The van der Waals surface area contributed by atoms with Crippen LogP contribution in [0.3, 0.4) is 0 Å². The van der Waals surface area contributed by atoms with Gasteiger partial charge in [0.25, 0.3) is 0 Å². The lowest BCUT2D eigenvalue weighted by Crippen LogP contribution is -2.19. The molecule has 1 nitrogen and oxygen atoms in total. The van der Waals surface area contributed by atoms with Crippen LogP contribution in [0.15, 0.2) is 24.3 Å². The topological polar surface area (TPSA) is 9.23 Å². The molecular weight excluding hydrogens is 148 g/mol. The van der Waals surface area contributed by atoms with Crippen molar-refractivity contribution in [1.29, 1.82) is 0 Å². The lowest BCUT2D eigenvalue weighted by atomic mass is 10.0. The number of hydrogen-bond donors (Lipinski definition) is 0. The Labute approximate surface area is 73.4 Å². The molecule has 0 spiro atoms. The summed E-state index contributed by atoms with van der Waals surface area (Å²) in [5.41, 5.74) is 1.36. The van der Waals surface area contributed by atoms with Crippen LogP contribution in [0.2, 0.25) is 0 Å². The number of para-hydroxylation sites is 1. The van der Waals surface area contributed by atoms with E-state index in [0.29, 0.717) is 12.0 Å². The first kappa shape index (κ1) is 7.66. The van der Waals surface area contributed by atoms with Crippen LogP contribution in [0.5, 0.6) is 5.75 Å². The maximum Gasteiger partial charge on any atom is 0.123 e. The molecule has 2 rings (SSSR count). The molecule has 0 radical (unpaired) electrons. The fourth-order valence-corrected chi connectivity index (χ4v) is 1.58. The van der Waals surface area contributed by atoms with Crippen LogP contribution in [0.1, 0.15) is 19.4 Å². The van der Waals surface area contributed by atoms with Crippen molar-refractivity contribution in [1.82, 2.24) is 0 Å². The SMILES string of the molecule is CC(C)C1Cc2ccccc2O1. The van der Waals surface area contributed by atoms with Gasteiger partial charge in [-0.2, -0.15) is 0 Å². The van der Waals surface area contributed by atoms with Gasteiger partial charge in [0.05, 0.1) is 0 Å². The number of benzene rings is 1. The van der Waals surface area contributed by atoms with E-state index in [9.17, 15) is 0 Å². The van der Waals surface area contributed by atoms with Crippen LogP contribution in [0.25, 0.3) is 0 Å². The Hall–Kier alpha value is -0.980. The Morgan fingerprint density at radius 3 is 2.75 bits per heavy atom. The number of fused-ring (bicyclic) bond motifs is 1. The van der Waals surface area contributed by atoms with Gasteiger partial charge in [-0.3, -0.25) is 0 Å². The third-order valence-electron chi connectivity index (χ3n) is 2.42. The van der Waals surface area contributed by atoms with Crippen LogP contribution < -0.4 is 4.74 Å². The first-order valence-corrected chi connectivity index (χ1v) is 4.52. The molecule has 0 amide bonds. The van der Waals surface area contributed by atoms with E-state index < -0.39 is 0 Å². The number of ether oxygens (including phenoxy) is 1. The highest BCUT2D eigenvalue weighted by molar-refractivity contribution is 5.37. The van der Waals surface area contributed by atoms with Gasteiger partial charge < -0.3 is 4.74 Å². The fourth-order valence-electron chi connectivity index (χ4n) is 1.58. The molecule has 0 aromatic heterocycles. The van der Waals surface area contributed by atoms with Gasteiger partial charge in [0.1, 0.15) is 11.9 Å². The second-order valence-corrected chi connectivity index (χ2v) is 3.71. The highest BCUT2D eigenvalue weighted by Gasteiger charge is 2.24. The third kappa shape index (κ3) is 1.20. The Kier molecular flexibility index (Phi) is 1.80. The average molecular weight is 162 g/mol. The van der Waals surface area contributed by atoms with Gasteiger partial charge in [0, 0.05) is 6.42 Å². The molecule has 1 aromatic rings. The van der Waals surface area contributed by atoms with E-state index in [1.165, 1.54) is 5.56 Å². The van der Waals surface area contributed by atoms with Crippen molar-refractivity contribution >= 4 is 0 Å². The minimum Gasteiger partial charge on any atom is -0.490 e. The van der Waals surface area contributed by atoms with Gasteiger partial charge in [-0.25, -0.2) is 0 Å². The van der Waals surface area contributed by atoms with Crippen molar-refractivity contribution in [3.8, 4) is 5.75 Å². The van der Waals surface area contributed by atoms with E-state index in [0.717, 1.165) is 12.2 Å². The molecule has 12 heavy (non-hydrogen) atoms. The maximum atomic E-state index is 5.77. The zero-order valence-electron chi connectivity index (χ0n) is 7.58. The van der Waals surface area contributed by atoms with Crippen LogP contribution >= 0.6 is 0 Å². The highest BCUT2D eigenvalue weighted by Crippen LogP contribution is 2.30. The highest BCUT2D eigenvalue weighted by atomic mass is 16.5. The molecule has 1 aromatic carbocycles. The summed E-state index contributed by atoms with van der Waals surface area (Å²) in [4.78, 5) is 0. The molecule has 1 heteroatoms. The van der Waals surface area contributed by atoms with Crippen molar-refractivity contribution in [2.45, 2.75) is 26.4 Å². The molecule has 1 aliphatic rings. The summed E-state index contributed by atoms with van der Waals surface area (Å²) >= 11 is 0. The summed E-state index contributed by atoms with van der Waals surface area (Å²) in [5, 5.41) is 0. The Morgan fingerprint density at radius 2 is 2.08 bits per heavy atom. The van der Waals surface area contributed by atoms with Crippen LogP contribution in [0, 0.1) is 5.92 Å². The molecule has 1 atom stereocenters. The van der Waals surface area contributed by atoms with Crippen LogP contribution in [-0.4, -0.2) is 6.10 Å². The summed E-state index contributed by atoms with van der Waals surface area (Å²) in [6.45, 7) is 4.41. The predicted molar refractivity (Wildman–Crippen MR) is 49.4 cm³/mol. The smallest absolute Gasteiger partial charge is 0.123 e. The van der Waals surface area contributed by atoms with Crippen LogP contribution in [-0.2, 0) is 6.42 Å². The van der Waals surface area contributed by atoms with E-state index in [1.807, 2.05) is 6.07 Å². The van der Waals surface area contributed by atoms with Gasteiger partial charge >= 0.3 is 0 Å². The quantitative estimate of drug-likeness (QED) is 0.616. The summed E-state index contributed by atoms with van der Waals surface area (Å²) in [7, 11) is 0. The number of rotatable bonds is 1. The Morgan fingerprint density at radius 1 is 1.33 bits per heavy atom. The van der Waals surface area contributed by atoms with E-state index >= 15 is 0 Å². The van der Waals surface area contributed by atoms with Gasteiger partial charge in [0.15, 0.2) is 0 Å². The molecular formula is C11H14O. The van der Waals surface area contributed by atoms with E-state index in [1.54, 1.807) is 0 Å². The average Bonchev–Trinajstić information content (AvgIpc) is 2.46. The summed E-state index contributed by atoms with van der Waals surface area (Å²) in [6.07, 6.45) is 1.47. The standard InChI is InChI=1S/C11H14O/c1-8(2)11-7-9-5-3-4-6-10(9)12-11/h3-6,8,11H,7H2,1-2H3. The zero-order valence-corrected chi connectivity index (χ0v) is 7.58. The van der Waals surface area contributed by atoms with Gasteiger partial charge in [-0.05, 0) is 17.5 Å². The largest absolute Gasteiger partial charge is 0.490 e. The molecule has 1 aliphatic heterocycles. The third-order valence-corrected chi connectivity index (χ3v) is 2.42. The van der Waals surface area contributed by atoms with Crippen molar-refractivity contribution in [2.24, 2.45) is 5.92 Å². The second-order valence-electron chi connectivity index (χ2n) is 3.71. The van der Waals surface area contributed by atoms with Crippen molar-refractivity contribution in [3.63, 3.8) is 0 Å². The normalized spacial score (nSPS) is 20.8. The molecule has 64 valence electrons. The van der Waals surface area contributed by atoms with Crippen molar-refractivity contribution in [3.05, 3.63) is 29.8 Å². The van der Waals surface area contributed by atoms with Crippen molar-refractivity contribution in [2.75, 3.05) is 0 Å². The lowest BCUT2D eigenvalue weighted by molar-refractivity contribution is 0.179. The molecule has 1 heterocycles. The molecule has 1 unspecified atom stereocenters. The molecule has 0 N–H and O–H groups in total. The molecule has 0 saturated heterocycles. The minimum atomic E-state index is 0.391. The zero-order chi connectivity index (χ0) is 8.55. The number of hydrogen-bond acceptors (Lipinski definition) is 1. The summed E-state index contributed by atoms with van der Waals surface area (Å²) in [5.74, 6) is 1.69. The Bertz CT molecular complexity index is 253. The summed E-state index contributed by atoms with van der Waals surface area (Å²) in [6, 6.07) is 8.31. The first-order valence-electron chi connectivity index (χ1n) is 4.52. The monoisotopic (exact) mass is 162 g/mol. The molecule has 0 saturated carbocycles. The first-order chi connectivity index (χ1) is 5.77. The van der Waals surface area contributed by atoms with Gasteiger partial charge in [0.2, 0.25) is 0 Å². The molecule has 0 fully saturated rings. The summed E-state index contributed by atoms with van der Waals surface area (Å²) < 4.78 is 5.77. The van der Waals surface area contributed by atoms with E-state index in [-0.39, 0.29) is 0 Å². The van der Waals surface area contributed by atoms with E-state index in [4.69, 9.17) is 4.74 Å². The molecule has 0 aliphatic carbocycles. The van der Waals surface area contributed by atoms with E-state index in [2.05, 4.69) is 32.0 Å². The molecule has 0 bridgehead atoms. The fraction of sp³-hybridized carbons (Fsp3) is 0.455. The van der Waals surface area contributed by atoms with Crippen molar-refractivity contribution < 1.29 is 4.74 Å². The van der Waals surface area contributed by atoms with Gasteiger partial charge in [-0.1, -0.05) is 32.0 Å². The second kappa shape index (κ2) is 2.81. The predicted octanol–water partition coefficient (Wildman–Crippen LogP) is 2.65. The maximum absolute atomic E-state index is 5.77. The van der Waals surface area contributed by atoms with Crippen LogP contribution in [0.4, 0.5) is 0 Å². The lowest BCUT2D eigenvalue weighted by Gasteiger charge is -2.13.